The van der Waals surface area contributed by atoms with Crippen molar-refractivity contribution in [3.8, 4) is 28.4 Å². The van der Waals surface area contributed by atoms with Crippen LogP contribution in [0.15, 0.2) is 60.9 Å². The fraction of sp³-hybridized carbons (Fsp3) is 0.361. The largest absolute Gasteiger partial charge is 0.490 e. The molecule has 0 atom stereocenters. The predicted molar refractivity (Wildman–Crippen MR) is 172 cm³/mol. The SMILES string of the molecule is Cc1cc(CN(Cc2cc3c(cc2-c2cc(C(C)C)ccc2C)OCCO3)c2ncc(OCCCC(=O)O)cn2)cc(C(F)(F)F)c1. The monoisotopic (exact) mass is 649 g/mol. The molecular formula is C36H38F3N3O5. The van der Waals surface area contributed by atoms with Gasteiger partial charge in [-0.1, -0.05) is 43.7 Å². The molecule has 0 saturated carbocycles. The summed E-state index contributed by atoms with van der Waals surface area (Å²) in [6.45, 7) is 9.28. The summed E-state index contributed by atoms with van der Waals surface area (Å²) in [6.07, 6.45) is -1.24. The summed E-state index contributed by atoms with van der Waals surface area (Å²) in [5, 5.41) is 8.88. The highest BCUT2D eigenvalue weighted by molar-refractivity contribution is 5.75. The summed E-state index contributed by atoms with van der Waals surface area (Å²) in [7, 11) is 0. The number of fused-ring (bicyclic) bond motifs is 1. The van der Waals surface area contributed by atoms with Gasteiger partial charge in [-0.15, -0.1) is 0 Å². The van der Waals surface area contributed by atoms with E-state index in [1.54, 1.807) is 13.0 Å². The van der Waals surface area contributed by atoms with Crippen LogP contribution < -0.4 is 19.1 Å². The van der Waals surface area contributed by atoms with Crippen molar-refractivity contribution in [3.63, 3.8) is 0 Å². The van der Waals surface area contributed by atoms with Gasteiger partial charge in [0.25, 0.3) is 0 Å². The van der Waals surface area contributed by atoms with Crippen molar-refractivity contribution in [2.45, 2.75) is 65.7 Å². The van der Waals surface area contributed by atoms with Crippen LogP contribution in [-0.4, -0.2) is 40.9 Å². The third-order valence-electron chi connectivity index (χ3n) is 7.89. The lowest BCUT2D eigenvalue weighted by Crippen LogP contribution is -2.25. The number of nitrogens with zero attached hydrogens (tertiary/aromatic N) is 3. The maximum absolute atomic E-state index is 13.8. The topological polar surface area (TPSA) is 94.0 Å². The lowest BCUT2D eigenvalue weighted by Gasteiger charge is -2.27. The highest BCUT2D eigenvalue weighted by atomic mass is 19.4. The molecule has 0 saturated heterocycles. The molecular weight excluding hydrogens is 611 g/mol. The first-order valence-electron chi connectivity index (χ1n) is 15.5. The van der Waals surface area contributed by atoms with E-state index < -0.39 is 17.7 Å². The minimum atomic E-state index is -4.50. The zero-order chi connectivity index (χ0) is 33.7. The maximum atomic E-state index is 13.8. The number of anilines is 1. The van der Waals surface area contributed by atoms with Gasteiger partial charge < -0.3 is 24.2 Å². The molecule has 0 aliphatic carbocycles. The first-order chi connectivity index (χ1) is 22.4. The molecule has 11 heteroatoms. The van der Waals surface area contributed by atoms with E-state index in [0.29, 0.717) is 53.9 Å². The van der Waals surface area contributed by atoms with Crippen LogP contribution in [0, 0.1) is 13.8 Å². The summed E-state index contributed by atoms with van der Waals surface area (Å²) >= 11 is 0. The van der Waals surface area contributed by atoms with Gasteiger partial charge >= 0.3 is 12.1 Å². The molecule has 5 rings (SSSR count). The van der Waals surface area contributed by atoms with Gasteiger partial charge in [-0.05, 0) is 83.8 Å². The van der Waals surface area contributed by atoms with Crippen LogP contribution in [0.2, 0.25) is 0 Å². The van der Waals surface area contributed by atoms with Crippen LogP contribution in [0.1, 0.15) is 66.0 Å². The third kappa shape index (κ3) is 8.52. The molecule has 0 spiro atoms. The quantitative estimate of drug-likeness (QED) is 0.154. The summed E-state index contributed by atoms with van der Waals surface area (Å²) in [6, 6.07) is 14.3. The number of rotatable bonds is 12. The molecule has 0 fully saturated rings. The van der Waals surface area contributed by atoms with Crippen molar-refractivity contribution in [3.05, 3.63) is 94.3 Å². The summed E-state index contributed by atoms with van der Waals surface area (Å²) < 4.78 is 58.9. The van der Waals surface area contributed by atoms with Crippen molar-refractivity contribution in [2.75, 3.05) is 24.7 Å². The lowest BCUT2D eigenvalue weighted by molar-refractivity contribution is -0.138. The van der Waals surface area contributed by atoms with Crippen LogP contribution in [0.3, 0.4) is 0 Å². The molecule has 1 N–H and O–H groups in total. The lowest BCUT2D eigenvalue weighted by atomic mass is 9.91. The van der Waals surface area contributed by atoms with Crippen LogP contribution in [0.25, 0.3) is 11.1 Å². The second kappa shape index (κ2) is 14.3. The Morgan fingerprint density at radius 1 is 0.957 bits per heavy atom. The fourth-order valence-electron chi connectivity index (χ4n) is 5.50. The fourth-order valence-corrected chi connectivity index (χ4v) is 5.50. The second-order valence-corrected chi connectivity index (χ2v) is 12.0. The van der Waals surface area contributed by atoms with Gasteiger partial charge in [0.15, 0.2) is 17.2 Å². The first-order valence-corrected chi connectivity index (χ1v) is 15.5. The van der Waals surface area contributed by atoms with Crippen molar-refractivity contribution >= 4 is 11.9 Å². The number of carbonyl (C=O) groups is 1. The Balaban J connectivity index is 1.56. The smallest absolute Gasteiger partial charge is 0.416 e. The Morgan fingerprint density at radius 3 is 2.32 bits per heavy atom. The number of carboxylic acid groups (broad SMARTS) is 1. The van der Waals surface area contributed by atoms with E-state index in [4.69, 9.17) is 19.3 Å². The number of alkyl halides is 3. The molecule has 1 aliphatic heterocycles. The zero-order valence-corrected chi connectivity index (χ0v) is 26.9. The van der Waals surface area contributed by atoms with E-state index in [2.05, 4.69) is 42.0 Å². The summed E-state index contributed by atoms with van der Waals surface area (Å²) in [4.78, 5) is 21.7. The Labute approximate surface area is 272 Å². The molecule has 47 heavy (non-hydrogen) atoms. The first kappa shape index (κ1) is 33.6. The van der Waals surface area contributed by atoms with Gasteiger partial charge in [0.05, 0.1) is 24.6 Å². The molecule has 248 valence electrons. The number of hydrogen-bond acceptors (Lipinski definition) is 7. The summed E-state index contributed by atoms with van der Waals surface area (Å²) in [5.74, 6) is 1.25. The minimum Gasteiger partial charge on any atom is -0.490 e. The van der Waals surface area contributed by atoms with E-state index in [1.165, 1.54) is 18.0 Å². The molecule has 8 nitrogen and oxygen atoms in total. The number of aromatic nitrogens is 2. The van der Waals surface area contributed by atoms with Gasteiger partial charge in [-0.2, -0.15) is 13.2 Å². The van der Waals surface area contributed by atoms with E-state index >= 15 is 0 Å². The molecule has 4 aromatic rings. The number of benzene rings is 3. The molecule has 1 aliphatic rings. The number of aryl methyl sites for hydroxylation is 2. The van der Waals surface area contributed by atoms with Gasteiger partial charge in [0.2, 0.25) is 5.95 Å². The van der Waals surface area contributed by atoms with Crippen LogP contribution in [-0.2, 0) is 24.1 Å². The van der Waals surface area contributed by atoms with E-state index in [-0.39, 0.29) is 32.1 Å². The second-order valence-electron chi connectivity index (χ2n) is 12.0. The Hall–Kier alpha value is -4.80. The number of hydrogen-bond donors (Lipinski definition) is 1. The summed E-state index contributed by atoms with van der Waals surface area (Å²) in [5.41, 5.74) is 5.24. The molecule has 0 radical (unpaired) electrons. The van der Waals surface area contributed by atoms with Crippen molar-refractivity contribution in [1.82, 2.24) is 9.97 Å². The maximum Gasteiger partial charge on any atom is 0.416 e. The standard InChI is InChI=1S/C36H38F3N3O5/c1-22(2)26-8-7-24(4)30(15-26)31-17-33-32(46-10-11-47-33)16-27(31)21-42(20-25-12-23(3)13-28(14-25)36(37,38)39)35-40-18-29(19-41-35)45-9-5-6-34(43)44/h7-8,12-19,22H,5-6,9-11,20-21H2,1-4H3,(H,43,44). The van der Waals surface area contributed by atoms with Crippen LogP contribution in [0.5, 0.6) is 17.2 Å². The minimum absolute atomic E-state index is 0.0272. The van der Waals surface area contributed by atoms with Gasteiger partial charge in [0, 0.05) is 19.5 Å². The zero-order valence-electron chi connectivity index (χ0n) is 26.9. The van der Waals surface area contributed by atoms with Gasteiger partial charge in [0.1, 0.15) is 13.2 Å². The predicted octanol–water partition coefficient (Wildman–Crippen LogP) is 8.12. The Morgan fingerprint density at radius 2 is 1.66 bits per heavy atom. The third-order valence-corrected chi connectivity index (χ3v) is 7.89. The highest BCUT2D eigenvalue weighted by Gasteiger charge is 2.31. The highest BCUT2D eigenvalue weighted by Crippen LogP contribution is 2.40. The average molecular weight is 650 g/mol. The van der Waals surface area contributed by atoms with Gasteiger partial charge in [-0.25, -0.2) is 9.97 Å². The molecule has 0 amide bonds. The number of aliphatic carboxylic acids is 1. The number of ether oxygens (including phenoxy) is 3. The van der Waals surface area contributed by atoms with Crippen LogP contribution in [0.4, 0.5) is 19.1 Å². The Bertz CT molecular complexity index is 1720. The van der Waals surface area contributed by atoms with E-state index in [0.717, 1.165) is 34.4 Å². The van der Waals surface area contributed by atoms with Gasteiger partial charge in [-0.3, -0.25) is 4.79 Å². The van der Waals surface area contributed by atoms with E-state index in [9.17, 15) is 18.0 Å². The molecule has 0 unspecified atom stereocenters. The van der Waals surface area contributed by atoms with Crippen LogP contribution >= 0.6 is 0 Å². The molecule has 3 aromatic carbocycles. The number of halogens is 3. The molecule has 0 bridgehead atoms. The van der Waals surface area contributed by atoms with Crippen molar-refractivity contribution in [2.24, 2.45) is 0 Å². The van der Waals surface area contributed by atoms with Crippen molar-refractivity contribution in [1.29, 1.82) is 0 Å². The Kier molecular flexibility index (Phi) is 10.2. The van der Waals surface area contributed by atoms with Crippen molar-refractivity contribution < 1.29 is 37.3 Å². The normalized spacial score (nSPS) is 12.7. The van der Waals surface area contributed by atoms with E-state index in [1.807, 2.05) is 24.0 Å². The average Bonchev–Trinajstić information content (AvgIpc) is 3.02. The number of carboxylic acids is 1. The molecule has 2 heterocycles. The molecule has 1 aromatic heterocycles.